The van der Waals surface area contributed by atoms with E-state index in [-0.39, 0.29) is 5.78 Å². The van der Waals surface area contributed by atoms with Crippen LogP contribution in [-0.2, 0) is 9.53 Å². The molecule has 0 aliphatic heterocycles. The highest BCUT2D eigenvalue weighted by Crippen LogP contribution is 2.26. The van der Waals surface area contributed by atoms with Crippen molar-refractivity contribution in [3.63, 3.8) is 0 Å². The summed E-state index contributed by atoms with van der Waals surface area (Å²) in [5.41, 5.74) is 0. The van der Waals surface area contributed by atoms with Gasteiger partial charge in [0.25, 0.3) is 0 Å². The van der Waals surface area contributed by atoms with Crippen molar-refractivity contribution in [3.8, 4) is 0 Å². The molecule has 2 heteroatoms. The minimum Gasteiger partial charge on any atom is -0.381 e. The van der Waals surface area contributed by atoms with Gasteiger partial charge in [0.2, 0.25) is 0 Å². The number of hydrogen-bond donors (Lipinski definition) is 0. The Balaban J connectivity index is 2.28. The molecular formula is C11H18O2. The summed E-state index contributed by atoms with van der Waals surface area (Å²) in [7, 11) is 1.77. The first-order valence-corrected chi connectivity index (χ1v) is 4.94. The first-order valence-electron chi connectivity index (χ1n) is 4.94. The summed E-state index contributed by atoms with van der Waals surface area (Å²) in [4.78, 5) is 10.7. The predicted molar refractivity (Wildman–Crippen MR) is 52.6 cm³/mol. The van der Waals surface area contributed by atoms with Gasteiger partial charge in [0.15, 0.2) is 5.78 Å². The highest BCUT2D eigenvalue weighted by molar-refractivity contribution is 5.87. The van der Waals surface area contributed by atoms with Gasteiger partial charge in [-0.1, -0.05) is 6.08 Å². The molecule has 1 aliphatic rings. The van der Waals surface area contributed by atoms with Crippen LogP contribution in [0, 0.1) is 5.92 Å². The van der Waals surface area contributed by atoms with Gasteiger partial charge in [0.05, 0.1) is 6.10 Å². The molecule has 0 aromatic rings. The topological polar surface area (TPSA) is 26.3 Å². The largest absolute Gasteiger partial charge is 0.381 e. The molecule has 2 nitrogen and oxygen atoms in total. The van der Waals surface area contributed by atoms with Gasteiger partial charge < -0.3 is 4.74 Å². The summed E-state index contributed by atoms with van der Waals surface area (Å²) in [6, 6.07) is 0. The minimum absolute atomic E-state index is 0.147. The molecule has 74 valence electrons. The maximum Gasteiger partial charge on any atom is 0.152 e. The Morgan fingerprint density at radius 3 is 2.38 bits per heavy atom. The summed E-state index contributed by atoms with van der Waals surface area (Å²) < 4.78 is 5.27. The van der Waals surface area contributed by atoms with Crippen molar-refractivity contribution >= 4 is 5.78 Å². The molecule has 0 spiro atoms. The molecule has 0 N–H and O–H groups in total. The van der Waals surface area contributed by atoms with Gasteiger partial charge in [0.1, 0.15) is 0 Å². The SMILES string of the molecule is COC1CCC(/C=C/C(C)=O)CC1. The third kappa shape index (κ3) is 3.73. The fourth-order valence-electron chi connectivity index (χ4n) is 1.79. The predicted octanol–water partition coefficient (Wildman–Crippen LogP) is 2.34. The highest BCUT2D eigenvalue weighted by Gasteiger charge is 2.18. The van der Waals surface area contributed by atoms with Crippen LogP contribution >= 0.6 is 0 Å². The lowest BCUT2D eigenvalue weighted by Gasteiger charge is -2.25. The second kappa shape index (κ2) is 5.18. The van der Waals surface area contributed by atoms with Gasteiger partial charge in [-0.2, -0.15) is 0 Å². The molecule has 0 saturated heterocycles. The van der Waals surface area contributed by atoms with Crippen LogP contribution < -0.4 is 0 Å². The third-order valence-corrected chi connectivity index (χ3v) is 2.66. The molecule has 0 atom stereocenters. The van der Waals surface area contributed by atoms with E-state index in [2.05, 4.69) is 0 Å². The maximum atomic E-state index is 10.7. The van der Waals surface area contributed by atoms with Crippen molar-refractivity contribution in [2.24, 2.45) is 5.92 Å². The van der Waals surface area contributed by atoms with E-state index < -0.39 is 0 Å². The average Bonchev–Trinajstić information content (AvgIpc) is 2.15. The van der Waals surface area contributed by atoms with Gasteiger partial charge >= 0.3 is 0 Å². The fourth-order valence-corrected chi connectivity index (χ4v) is 1.79. The Morgan fingerprint density at radius 1 is 1.31 bits per heavy atom. The van der Waals surface area contributed by atoms with Crippen LogP contribution in [0.1, 0.15) is 32.6 Å². The smallest absolute Gasteiger partial charge is 0.152 e. The highest BCUT2D eigenvalue weighted by atomic mass is 16.5. The average molecular weight is 182 g/mol. The van der Waals surface area contributed by atoms with Crippen LogP contribution in [0.5, 0.6) is 0 Å². The molecule has 0 aromatic carbocycles. The lowest BCUT2D eigenvalue weighted by Crippen LogP contribution is -2.19. The second-order valence-corrected chi connectivity index (χ2v) is 3.74. The molecule has 0 heterocycles. The van der Waals surface area contributed by atoms with Gasteiger partial charge in [-0.15, -0.1) is 0 Å². The van der Waals surface area contributed by atoms with Crippen molar-refractivity contribution in [2.75, 3.05) is 7.11 Å². The third-order valence-electron chi connectivity index (χ3n) is 2.66. The number of ketones is 1. The van der Waals surface area contributed by atoms with Crippen molar-refractivity contribution in [2.45, 2.75) is 38.7 Å². The molecule has 1 rings (SSSR count). The lowest BCUT2D eigenvalue weighted by atomic mass is 9.87. The zero-order valence-corrected chi connectivity index (χ0v) is 8.45. The molecule has 0 radical (unpaired) electrons. The molecule has 0 unspecified atom stereocenters. The Labute approximate surface area is 80.0 Å². The number of rotatable bonds is 3. The van der Waals surface area contributed by atoms with E-state index in [1.807, 2.05) is 6.08 Å². The van der Waals surface area contributed by atoms with Crippen molar-refractivity contribution in [1.29, 1.82) is 0 Å². The molecule has 0 bridgehead atoms. The molecule has 0 amide bonds. The molecule has 1 saturated carbocycles. The first kappa shape index (κ1) is 10.5. The number of methoxy groups -OCH3 is 1. The summed E-state index contributed by atoms with van der Waals surface area (Å²) in [5.74, 6) is 0.740. The van der Waals surface area contributed by atoms with E-state index in [9.17, 15) is 4.79 Å². The maximum absolute atomic E-state index is 10.7. The molecule has 0 aromatic heterocycles. The zero-order chi connectivity index (χ0) is 9.68. The van der Waals surface area contributed by atoms with Crippen LogP contribution in [0.4, 0.5) is 0 Å². The fraction of sp³-hybridized carbons (Fsp3) is 0.727. The number of allylic oxidation sites excluding steroid dienone is 2. The Kier molecular flexibility index (Phi) is 4.16. The molecule has 13 heavy (non-hydrogen) atoms. The Hall–Kier alpha value is -0.630. The van der Waals surface area contributed by atoms with E-state index in [0.29, 0.717) is 12.0 Å². The van der Waals surface area contributed by atoms with Crippen LogP contribution in [-0.4, -0.2) is 19.0 Å². The van der Waals surface area contributed by atoms with E-state index in [1.165, 1.54) is 0 Å². The van der Waals surface area contributed by atoms with Gasteiger partial charge in [-0.3, -0.25) is 4.79 Å². The molecule has 1 aliphatic carbocycles. The number of carbonyl (C=O) groups excluding carboxylic acids is 1. The van der Waals surface area contributed by atoms with Gasteiger partial charge in [0, 0.05) is 7.11 Å². The van der Waals surface area contributed by atoms with Crippen LogP contribution in [0.3, 0.4) is 0 Å². The summed E-state index contributed by atoms with van der Waals surface area (Å²) in [6.07, 6.45) is 8.76. The molecule has 1 fully saturated rings. The second-order valence-electron chi connectivity index (χ2n) is 3.74. The standard InChI is InChI=1S/C11H18O2/c1-9(12)3-4-10-5-7-11(13-2)8-6-10/h3-4,10-11H,5-8H2,1-2H3/b4-3+. The van der Waals surface area contributed by atoms with Crippen LogP contribution in [0.25, 0.3) is 0 Å². The van der Waals surface area contributed by atoms with Gasteiger partial charge in [-0.05, 0) is 44.6 Å². The quantitative estimate of drug-likeness (QED) is 0.626. The van der Waals surface area contributed by atoms with Gasteiger partial charge in [-0.25, -0.2) is 0 Å². The lowest BCUT2D eigenvalue weighted by molar-refractivity contribution is -0.112. The van der Waals surface area contributed by atoms with E-state index in [0.717, 1.165) is 25.7 Å². The number of carbonyl (C=O) groups is 1. The summed E-state index contributed by atoms with van der Waals surface area (Å²) >= 11 is 0. The van der Waals surface area contributed by atoms with Crippen LogP contribution in [0.15, 0.2) is 12.2 Å². The number of ether oxygens (including phenoxy) is 1. The van der Waals surface area contributed by atoms with Crippen LogP contribution in [0.2, 0.25) is 0 Å². The zero-order valence-electron chi connectivity index (χ0n) is 8.45. The Morgan fingerprint density at radius 2 is 1.92 bits per heavy atom. The van der Waals surface area contributed by atoms with Crippen molar-refractivity contribution in [1.82, 2.24) is 0 Å². The van der Waals surface area contributed by atoms with E-state index >= 15 is 0 Å². The monoisotopic (exact) mass is 182 g/mol. The Bertz CT molecular complexity index is 188. The number of hydrogen-bond acceptors (Lipinski definition) is 2. The summed E-state index contributed by atoms with van der Waals surface area (Å²) in [6.45, 7) is 1.59. The van der Waals surface area contributed by atoms with E-state index in [4.69, 9.17) is 4.74 Å². The van der Waals surface area contributed by atoms with Crippen molar-refractivity contribution < 1.29 is 9.53 Å². The normalized spacial score (nSPS) is 29.4. The molecular weight excluding hydrogens is 164 g/mol. The minimum atomic E-state index is 0.147. The summed E-state index contributed by atoms with van der Waals surface area (Å²) in [5, 5.41) is 0. The van der Waals surface area contributed by atoms with Crippen molar-refractivity contribution in [3.05, 3.63) is 12.2 Å². The first-order chi connectivity index (χ1) is 6.22. The van der Waals surface area contributed by atoms with E-state index in [1.54, 1.807) is 20.1 Å².